The molecule has 4 heteroatoms. The van der Waals surface area contributed by atoms with Crippen molar-refractivity contribution in [2.75, 3.05) is 13.1 Å². The third-order valence-electron chi connectivity index (χ3n) is 4.64. The van der Waals surface area contributed by atoms with Crippen LogP contribution in [-0.2, 0) is 9.59 Å². The lowest BCUT2D eigenvalue weighted by Gasteiger charge is -2.36. The lowest BCUT2D eigenvalue weighted by molar-refractivity contribution is -0.147. The Morgan fingerprint density at radius 2 is 1.94 bits per heavy atom. The van der Waals surface area contributed by atoms with Gasteiger partial charge in [0.15, 0.2) is 0 Å². The predicted molar refractivity (Wildman–Crippen MR) is 68.1 cm³/mol. The molecule has 2 atom stereocenters. The molecule has 1 saturated heterocycles. The molecule has 0 spiro atoms. The summed E-state index contributed by atoms with van der Waals surface area (Å²) in [4.78, 5) is 25.3. The molecule has 18 heavy (non-hydrogen) atoms. The smallest absolute Gasteiger partial charge is 0.308 e. The van der Waals surface area contributed by atoms with Crippen molar-refractivity contribution in [1.29, 1.82) is 0 Å². The summed E-state index contributed by atoms with van der Waals surface area (Å²) < 4.78 is 0. The summed E-state index contributed by atoms with van der Waals surface area (Å²) >= 11 is 0. The maximum atomic E-state index is 12.5. The highest BCUT2D eigenvalue weighted by molar-refractivity contribution is 5.81. The Bertz CT molecular complexity index is 351. The quantitative estimate of drug-likeness (QED) is 0.820. The molecule has 1 saturated carbocycles. The Balaban J connectivity index is 2.03. The van der Waals surface area contributed by atoms with Gasteiger partial charge in [-0.05, 0) is 31.1 Å². The summed E-state index contributed by atoms with van der Waals surface area (Å²) in [6, 6.07) is 0. The maximum Gasteiger partial charge on any atom is 0.308 e. The molecule has 0 aromatic rings. The van der Waals surface area contributed by atoms with Crippen LogP contribution in [0.2, 0.25) is 0 Å². The minimum Gasteiger partial charge on any atom is -0.481 e. The van der Waals surface area contributed by atoms with Crippen LogP contribution >= 0.6 is 0 Å². The molecule has 1 aliphatic heterocycles. The molecule has 0 aromatic heterocycles. The normalized spacial score (nSPS) is 31.3. The van der Waals surface area contributed by atoms with Crippen LogP contribution in [0.4, 0.5) is 0 Å². The van der Waals surface area contributed by atoms with Crippen molar-refractivity contribution in [3.63, 3.8) is 0 Å². The molecule has 102 valence electrons. The van der Waals surface area contributed by atoms with E-state index >= 15 is 0 Å². The van der Waals surface area contributed by atoms with Crippen LogP contribution in [0.5, 0.6) is 0 Å². The van der Waals surface area contributed by atoms with Crippen molar-refractivity contribution >= 4 is 11.9 Å². The van der Waals surface area contributed by atoms with Gasteiger partial charge in [0, 0.05) is 19.0 Å². The average Bonchev–Trinajstić information content (AvgIpc) is 2.68. The second-order valence-electron chi connectivity index (χ2n) is 6.40. The Hall–Kier alpha value is -1.06. The van der Waals surface area contributed by atoms with E-state index in [2.05, 4.69) is 13.8 Å². The minimum absolute atomic E-state index is 0.0766. The molecule has 2 fully saturated rings. The van der Waals surface area contributed by atoms with E-state index in [0.29, 0.717) is 13.0 Å². The number of likely N-dealkylation sites (tertiary alicyclic amines) is 1. The Morgan fingerprint density at radius 1 is 1.22 bits per heavy atom. The fourth-order valence-electron chi connectivity index (χ4n) is 3.38. The third-order valence-corrected chi connectivity index (χ3v) is 4.64. The van der Waals surface area contributed by atoms with E-state index in [9.17, 15) is 9.59 Å². The van der Waals surface area contributed by atoms with Crippen LogP contribution in [0.1, 0.15) is 46.0 Å². The summed E-state index contributed by atoms with van der Waals surface area (Å²) in [7, 11) is 0. The molecule has 1 N–H and O–H groups in total. The standard InChI is InChI=1S/C14H23NO3/c1-14(2)7-3-6-11(14)12(16)15-8-4-5-10(9-15)13(17)18/h10-11H,3-9H2,1-2H3,(H,17,18)/t10-,11?/m0/s1. The van der Waals surface area contributed by atoms with Gasteiger partial charge in [-0.1, -0.05) is 20.3 Å². The first-order valence-electron chi connectivity index (χ1n) is 6.93. The van der Waals surface area contributed by atoms with E-state index in [0.717, 1.165) is 32.2 Å². The van der Waals surface area contributed by atoms with E-state index in [1.165, 1.54) is 0 Å². The Labute approximate surface area is 108 Å². The molecule has 2 rings (SSSR count). The van der Waals surface area contributed by atoms with E-state index in [1.807, 2.05) is 0 Å². The lowest BCUT2D eigenvalue weighted by Crippen LogP contribution is -2.46. The number of carbonyl (C=O) groups is 2. The SMILES string of the molecule is CC1(C)CCCC1C(=O)N1CCC[C@H](C(=O)O)C1. The molecule has 1 amide bonds. The van der Waals surface area contributed by atoms with Crippen LogP contribution in [0.3, 0.4) is 0 Å². The Kier molecular flexibility index (Phi) is 3.64. The van der Waals surface area contributed by atoms with Gasteiger partial charge in [-0.25, -0.2) is 0 Å². The van der Waals surface area contributed by atoms with Gasteiger partial charge in [-0.3, -0.25) is 9.59 Å². The van der Waals surface area contributed by atoms with Crippen molar-refractivity contribution in [3.8, 4) is 0 Å². The van der Waals surface area contributed by atoms with Crippen LogP contribution < -0.4 is 0 Å². The molecule has 0 radical (unpaired) electrons. The molecule has 1 unspecified atom stereocenters. The number of hydrogen-bond donors (Lipinski definition) is 1. The predicted octanol–water partition coefficient (Wildman–Crippen LogP) is 2.14. The maximum absolute atomic E-state index is 12.5. The van der Waals surface area contributed by atoms with E-state index in [1.54, 1.807) is 4.90 Å². The number of piperidine rings is 1. The summed E-state index contributed by atoms with van der Waals surface area (Å²) in [6.45, 7) is 5.44. The average molecular weight is 253 g/mol. The molecule has 2 aliphatic rings. The number of carboxylic acids is 1. The number of carbonyl (C=O) groups excluding carboxylic acids is 1. The third kappa shape index (κ3) is 2.52. The van der Waals surface area contributed by atoms with Crippen molar-refractivity contribution in [3.05, 3.63) is 0 Å². The summed E-state index contributed by atoms with van der Waals surface area (Å²) in [5.74, 6) is -0.862. The molecule has 0 aromatic carbocycles. The van der Waals surface area contributed by atoms with Gasteiger partial charge in [0.25, 0.3) is 0 Å². The highest BCUT2D eigenvalue weighted by atomic mass is 16.4. The molecular formula is C14H23NO3. The largest absolute Gasteiger partial charge is 0.481 e. The zero-order valence-corrected chi connectivity index (χ0v) is 11.3. The number of aliphatic carboxylic acids is 1. The monoisotopic (exact) mass is 253 g/mol. The fourth-order valence-corrected chi connectivity index (χ4v) is 3.38. The highest BCUT2D eigenvalue weighted by Crippen LogP contribution is 2.43. The highest BCUT2D eigenvalue weighted by Gasteiger charge is 2.42. The van der Waals surface area contributed by atoms with Gasteiger partial charge in [-0.2, -0.15) is 0 Å². The molecule has 4 nitrogen and oxygen atoms in total. The van der Waals surface area contributed by atoms with E-state index in [-0.39, 0.29) is 23.2 Å². The van der Waals surface area contributed by atoms with Crippen molar-refractivity contribution in [2.45, 2.75) is 46.0 Å². The summed E-state index contributed by atoms with van der Waals surface area (Å²) in [6.07, 6.45) is 4.68. The number of hydrogen-bond acceptors (Lipinski definition) is 2. The van der Waals surface area contributed by atoms with Gasteiger partial charge in [0.2, 0.25) is 5.91 Å². The van der Waals surface area contributed by atoms with Crippen molar-refractivity contribution < 1.29 is 14.7 Å². The number of nitrogens with zero attached hydrogens (tertiary/aromatic N) is 1. The Morgan fingerprint density at radius 3 is 2.50 bits per heavy atom. The zero-order chi connectivity index (χ0) is 13.3. The van der Waals surface area contributed by atoms with E-state index < -0.39 is 5.97 Å². The van der Waals surface area contributed by atoms with Crippen molar-refractivity contribution in [1.82, 2.24) is 4.90 Å². The first-order chi connectivity index (χ1) is 8.42. The summed E-state index contributed by atoms with van der Waals surface area (Å²) in [5.41, 5.74) is 0.0766. The zero-order valence-electron chi connectivity index (χ0n) is 11.3. The lowest BCUT2D eigenvalue weighted by atomic mass is 9.80. The van der Waals surface area contributed by atoms with E-state index in [4.69, 9.17) is 5.11 Å². The molecular weight excluding hydrogens is 230 g/mol. The van der Waals surface area contributed by atoms with Crippen LogP contribution in [0, 0.1) is 17.3 Å². The van der Waals surface area contributed by atoms with Gasteiger partial charge < -0.3 is 10.0 Å². The fraction of sp³-hybridized carbons (Fsp3) is 0.857. The van der Waals surface area contributed by atoms with Crippen LogP contribution in [-0.4, -0.2) is 35.0 Å². The first kappa shape index (κ1) is 13.4. The van der Waals surface area contributed by atoms with Crippen LogP contribution in [0.15, 0.2) is 0 Å². The summed E-state index contributed by atoms with van der Waals surface area (Å²) in [5, 5.41) is 9.07. The number of amides is 1. The number of carboxylic acid groups (broad SMARTS) is 1. The molecule has 0 bridgehead atoms. The van der Waals surface area contributed by atoms with Crippen molar-refractivity contribution in [2.24, 2.45) is 17.3 Å². The molecule has 1 aliphatic carbocycles. The first-order valence-corrected chi connectivity index (χ1v) is 6.93. The topological polar surface area (TPSA) is 57.6 Å². The van der Waals surface area contributed by atoms with Gasteiger partial charge in [0.1, 0.15) is 0 Å². The second-order valence-corrected chi connectivity index (χ2v) is 6.40. The van der Waals surface area contributed by atoms with Gasteiger partial charge >= 0.3 is 5.97 Å². The second kappa shape index (κ2) is 4.90. The van der Waals surface area contributed by atoms with Gasteiger partial charge in [0.05, 0.1) is 5.92 Å². The molecule has 1 heterocycles. The van der Waals surface area contributed by atoms with Crippen LogP contribution in [0.25, 0.3) is 0 Å². The minimum atomic E-state index is -0.766. The van der Waals surface area contributed by atoms with Gasteiger partial charge in [-0.15, -0.1) is 0 Å². The number of rotatable bonds is 2.